The van der Waals surface area contributed by atoms with Gasteiger partial charge in [-0.3, -0.25) is 9.69 Å². The van der Waals surface area contributed by atoms with Gasteiger partial charge in [-0.05, 0) is 38.2 Å². The summed E-state index contributed by atoms with van der Waals surface area (Å²) in [5.74, 6) is 0.460. The molecular weight excluding hydrogens is 368 g/mol. The number of rotatable bonds is 3. The van der Waals surface area contributed by atoms with Gasteiger partial charge in [0.2, 0.25) is 0 Å². The molecule has 1 amide bonds. The van der Waals surface area contributed by atoms with Gasteiger partial charge in [-0.15, -0.1) is 0 Å². The number of aromatic nitrogens is 3. The fourth-order valence-corrected chi connectivity index (χ4v) is 3.85. The number of hydrogen-bond donors (Lipinski definition) is 1. The molecule has 2 aromatic heterocycles. The Balaban J connectivity index is 1.61. The summed E-state index contributed by atoms with van der Waals surface area (Å²) in [4.78, 5) is 30.4. The third-order valence-electron chi connectivity index (χ3n) is 5.77. The number of carbonyl (C=O) groups is 1. The normalized spacial score (nSPS) is 19.5. The van der Waals surface area contributed by atoms with E-state index in [-0.39, 0.29) is 24.3 Å². The number of aromatic amines is 1. The van der Waals surface area contributed by atoms with Gasteiger partial charge in [0, 0.05) is 23.9 Å². The number of benzene rings is 1. The van der Waals surface area contributed by atoms with E-state index in [1.165, 1.54) is 4.52 Å². The van der Waals surface area contributed by atoms with Crippen LogP contribution in [0.25, 0.3) is 5.65 Å². The molecule has 7 heteroatoms. The van der Waals surface area contributed by atoms with Crippen molar-refractivity contribution in [3.8, 4) is 0 Å². The standard InChI is InChI=1S/C22H26N4O3/c1-14-9-10-25(22(28)29-13-17-7-5-4-6-8-17)19(11-14)18-12-20-23-16(3)15(2)21(27)26(20)24-18/h4-8,12,14,19,23H,9-11,13H2,1-3H3. The van der Waals surface area contributed by atoms with Gasteiger partial charge in [0.1, 0.15) is 12.3 Å². The summed E-state index contributed by atoms with van der Waals surface area (Å²) in [6, 6.07) is 11.3. The number of H-pyrrole nitrogens is 1. The molecule has 1 aliphatic rings. The quantitative estimate of drug-likeness (QED) is 0.734. The number of aryl methyl sites for hydroxylation is 1. The first-order valence-corrected chi connectivity index (χ1v) is 10.0. The molecule has 0 spiro atoms. The van der Waals surface area contributed by atoms with E-state index in [1.54, 1.807) is 11.8 Å². The Morgan fingerprint density at radius 1 is 1.28 bits per heavy atom. The van der Waals surface area contributed by atoms with Crippen LogP contribution in [0.5, 0.6) is 0 Å². The van der Waals surface area contributed by atoms with Crippen molar-refractivity contribution in [2.45, 2.75) is 46.3 Å². The van der Waals surface area contributed by atoms with E-state index in [4.69, 9.17) is 4.74 Å². The van der Waals surface area contributed by atoms with Gasteiger partial charge in [-0.25, -0.2) is 4.79 Å². The highest BCUT2D eigenvalue weighted by Gasteiger charge is 2.34. The average molecular weight is 394 g/mol. The molecule has 2 unspecified atom stereocenters. The summed E-state index contributed by atoms with van der Waals surface area (Å²) in [5.41, 5.74) is 3.64. The Hall–Kier alpha value is -3.09. The van der Waals surface area contributed by atoms with Crippen LogP contribution in [0.4, 0.5) is 4.79 Å². The first-order chi connectivity index (χ1) is 13.9. The van der Waals surface area contributed by atoms with Crippen LogP contribution < -0.4 is 5.56 Å². The van der Waals surface area contributed by atoms with Crippen molar-refractivity contribution >= 4 is 11.7 Å². The summed E-state index contributed by atoms with van der Waals surface area (Å²) in [6.45, 7) is 6.68. The van der Waals surface area contributed by atoms with Gasteiger partial charge in [-0.2, -0.15) is 9.61 Å². The molecule has 0 radical (unpaired) electrons. The van der Waals surface area contributed by atoms with E-state index < -0.39 is 0 Å². The molecule has 4 rings (SSSR count). The predicted octanol–water partition coefficient (Wildman–Crippen LogP) is 3.75. The SMILES string of the molecule is Cc1[nH]c2cc(C3CC(C)CCN3C(=O)OCc3ccccc3)nn2c(=O)c1C. The minimum absolute atomic E-state index is 0.135. The van der Waals surface area contributed by atoms with Gasteiger partial charge >= 0.3 is 6.09 Å². The summed E-state index contributed by atoms with van der Waals surface area (Å²) < 4.78 is 6.97. The van der Waals surface area contributed by atoms with Crippen molar-refractivity contribution in [2.75, 3.05) is 6.54 Å². The highest BCUT2D eigenvalue weighted by Crippen LogP contribution is 2.34. The molecule has 3 heterocycles. The van der Waals surface area contributed by atoms with E-state index in [9.17, 15) is 9.59 Å². The van der Waals surface area contributed by atoms with E-state index in [0.717, 1.165) is 24.1 Å². The van der Waals surface area contributed by atoms with Crippen LogP contribution in [0.1, 0.15) is 48.3 Å². The van der Waals surface area contributed by atoms with Crippen molar-refractivity contribution in [3.63, 3.8) is 0 Å². The highest BCUT2D eigenvalue weighted by atomic mass is 16.6. The molecule has 0 aliphatic carbocycles. The maximum absolute atomic E-state index is 12.9. The minimum Gasteiger partial charge on any atom is -0.445 e. The van der Waals surface area contributed by atoms with Crippen molar-refractivity contribution in [1.29, 1.82) is 0 Å². The predicted molar refractivity (Wildman–Crippen MR) is 110 cm³/mol. The van der Waals surface area contributed by atoms with Crippen LogP contribution in [-0.4, -0.2) is 32.1 Å². The number of hydrogen-bond acceptors (Lipinski definition) is 4. The number of carbonyl (C=O) groups excluding carboxylic acids is 1. The summed E-state index contributed by atoms with van der Waals surface area (Å²) >= 11 is 0. The van der Waals surface area contributed by atoms with Gasteiger partial charge < -0.3 is 9.72 Å². The molecule has 29 heavy (non-hydrogen) atoms. The topological polar surface area (TPSA) is 79.7 Å². The Bertz CT molecular complexity index is 1090. The summed E-state index contributed by atoms with van der Waals surface area (Å²) in [6.07, 6.45) is 1.36. The molecule has 2 atom stereocenters. The molecule has 152 valence electrons. The molecule has 1 fully saturated rings. The monoisotopic (exact) mass is 394 g/mol. The molecule has 1 aliphatic heterocycles. The van der Waals surface area contributed by atoms with Gasteiger partial charge in [0.25, 0.3) is 5.56 Å². The van der Waals surface area contributed by atoms with Crippen molar-refractivity contribution in [3.05, 3.63) is 69.3 Å². The number of nitrogens with one attached hydrogen (secondary N) is 1. The number of fused-ring (bicyclic) bond motifs is 1. The number of piperidine rings is 1. The number of ether oxygens (including phenoxy) is 1. The lowest BCUT2D eigenvalue weighted by molar-refractivity contribution is 0.0575. The first-order valence-electron chi connectivity index (χ1n) is 10.0. The first kappa shape index (κ1) is 19.2. The largest absolute Gasteiger partial charge is 0.445 e. The molecule has 1 aromatic carbocycles. The highest BCUT2D eigenvalue weighted by molar-refractivity contribution is 5.68. The Morgan fingerprint density at radius 2 is 2.03 bits per heavy atom. The molecular formula is C22H26N4O3. The second-order valence-electron chi connectivity index (χ2n) is 7.93. The van der Waals surface area contributed by atoms with E-state index in [2.05, 4.69) is 17.0 Å². The lowest BCUT2D eigenvalue weighted by Crippen LogP contribution is -2.41. The van der Waals surface area contributed by atoms with Crippen LogP contribution in [-0.2, 0) is 11.3 Å². The Kier molecular flexibility index (Phi) is 5.13. The van der Waals surface area contributed by atoms with E-state index >= 15 is 0 Å². The van der Waals surface area contributed by atoms with E-state index in [0.29, 0.717) is 29.4 Å². The zero-order chi connectivity index (χ0) is 20.5. The van der Waals surface area contributed by atoms with E-state index in [1.807, 2.05) is 43.3 Å². The molecule has 7 nitrogen and oxygen atoms in total. The maximum atomic E-state index is 12.9. The second-order valence-corrected chi connectivity index (χ2v) is 7.93. The zero-order valence-corrected chi connectivity index (χ0v) is 17.0. The molecule has 0 bridgehead atoms. The zero-order valence-electron chi connectivity index (χ0n) is 17.0. The van der Waals surface area contributed by atoms with Crippen molar-refractivity contribution in [1.82, 2.24) is 19.5 Å². The van der Waals surface area contributed by atoms with Gasteiger partial charge in [0.05, 0.1) is 11.7 Å². The molecule has 1 N–H and O–H groups in total. The third-order valence-corrected chi connectivity index (χ3v) is 5.77. The Morgan fingerprint density at radius 3 is 2.79 bits per heavy atom. The second kappa shape index (κ2) is 7.73. The number of amides is 1. The number of nitrogens with zero attached hydrogens (tertiary/aromatic N) is 3. The number of likely N-dealkylation sites (tertiary alicyclic amines) is 1. The van der Waals surface area contributed by atoms with Crippen molar-refractivity contribution in [2.24, 2.45) is 5.92 Å². The van der Waals surface area contributed by atoms with Crippen LogP contribution >= 0.6 is 0 Å². The summed E-state index contributed by atoms with van der Waals surface area (Å²) in [7, 11) is 0. The maximum Gasteiger partial charge on any atom is 0.410 e. The summed E-state index contributed by atoms with van der Waals surface area (Å²) in [5, 5.41) is 4.55. The molecule has 1 saturated heterocycles. The molecule has 0 saturated carbocycles. The van der Waals surface area contributed by atoms with Crippen LogP contribution in [0, 0.1) is 19.8 Å². The van der Waals surface area contributed by atoms with Crippen LogP contribution in [0.2, 0.25) is 0 Å². The Labute approximate surface area is 169 Å². The lowest BCUT2D eigenvalue weighted by Gasteiger charge is -2.36. The van der Waals surface area contributed by atoms with Gasteiger partial charge in [-0.1, -0.05) is 37.3 Å². The third kappa shape index (κ3) is 3.77. The van der Waals surface area contributed by atoms with Crippen LogP contribution in [0.3, 0.4) is 0 Å². The van der Waals surface area contributed by atoms with Crippen molar-refractivity contribution < 1.29 is 9.53 Å². The molecule has 3 aromatic rings. The fourth-order valence-electron chi connectivity index (χ4n) is 3.85. The smallest absolute Gasteiger partial charge is 0.410 e. The van der Waals surface area contributed by atoms with Crippen LogP contribution in [0.15, 0.2) is 41.2 Å². The minimum atomic E-state index is -0.346. The lowest BCUT2D eigenvalue weighted by atomic mass is 9.91. The average Bonchev–Trinajstić information content (AvgIpc) is 3.15. The fraction of sp³-hybridized carbons (Fsp3) is 0.409. The van der Waals surface area contributed by atoms with Gasteiger partial charge in [0.15, 0.2) is 0 Å².